The minimum absolute atomic E-state index is 0.431. The monoisotopic (exact) mass is 249 g/mol. The second kappa shape index (κ2) is 5.43. The van der Waals surface area contributed by atoms with Crippen LogP contribution in [0.1, 0.15) is 58.0 Å². The molecule has 1 N–H and O–H groups in total. The molecule has 0 bridgehead atoms. The summed E-state index contributed by atoms with van der Waals surface area (Å²) in [6.07, 6.45) is 7.22. The van der Waals surface area contributed by atoms with Crippen molar-refractivity contribution >= 4 is 0 Å². The lowest BCUT2D eigenvalue weighted by Gasteiger charge is -2.19. The fourth-order valence-electron chi connectivity index (χ4n) is 2.27. The van der Waals surface area contributed by atoms with Crippen molar-refractivity contribution in [3.63, 3.8) is 0 Å². The minimum Gasteiger partial charge on any atom is -0.331 e. The van der Waals surface area contributed by atoms with Crippen molar-refractivity contribution < 1.29 is 0 Å². The van der Waals surface area contributed by atoms with E-state index in [4.69, 9.17) is 0 Å². The van der Waals surface area contributed by atoms with Crippen LogP contribution in [0.4, 0.5) is 0 Å². The minimum atomic E-state index is 0.431. The van der Waals surface area contributed by atoms with E-state index in [1.807, 2.05) is 6.20 Å². The summed E-state index contributed by atoms with van der Waals surface area (Å²) in [6, 6.07) is 0.767. The Bertz CT molecular complexity index is 383. The van der Waals surface area contributed by atoms with Gasteiger partial charge in [0.15, 0.2) is 0 Å². The van der Waals surface area contributed by atoms with Crippen LogP contribution in [0, 0.1) is 12.3 Å². The van der Waals surface area contributed by atoms with Crippen LogP contribution in [0.25, 0.3) is 0 Å². The Hall–Kier alpha value is -0.830. The predicted molar refractivity (Wildman–Crippen MR) is 75.5 cm³/mol. The molecule has 2 rings (SSSR count). The topological polar surface area (TPSA) is 29.9 Å². The maximum Gasteiger partial charge on any atom is 0.105 e. The first-order valence-corrected chi connectivity index (χ1v) is 7.20. The molecular formula is C15H27N3. The Balaban J connectivity index is 1.86. The first kappa shape index (κ1) is 13.6. The van der Waals surface area contributed by atoms with E-state index in [-0.39, 0.29) is 0 Å². The molecule has 1 heterocycles. The molecule has 0 saturated heterocycles. The lowest BCUT2D eigenvalue weighted by molar-refractivity contribution is 0.351. The summed E-state index contributed by atoms with van der Waals surface area (Å²) < 4.78 is 2.38. The molecule has 0 spiro atoms. The zero-order chi connectivity index (χ0) is 13.2. The summed E-state index contributed by atoms with van der Waals surface area (Å²) in [6.45, 7) is 11.1. The molecule has 0 amide bonds. The Kier molecular flexibility index (Phi) is 4.10. The Morgan fingerprint density at radius 2 is 2.11 bits per heavy atom. The van der Waals surface area contributed by atoms with Gasteiger partial charge in [-0.1, -0.05) is 20.8 Å². The highest BCUT2D eigenvalue weighted by molar-refractivity contribution is 5.05. The van der Waals surface area contributed by atoms with Gasteiger partial charge < -0.3 is 9.88 Å². The highest BCUT2D eigenvalue weighted by Gasteiger charge is 2.21. The fraction of sp³-hybridized carbons (Fsp3) is 0.800. The smallest absolute Gasteiger partial charge is 0.105 e. The molecule has 18 heavy (non-hydrogen) atoms. The lowest BCUT2D eigenvalue weighted by atomic mass is 9.90. The van der Waals surface area contributed by atoms with Gasteiger partial charge in [-0.15, -0.1) is 0 Å². The summed E-state index contributed by atoms with van der Waals surface area (Å²) in [5.74, 6) is 1.15. The van der Waals surface area contributed by atoms with Gasteiger partial charge in [0, 0.05) is 25.3 Å². The van der Waals surface area contributed by atoms with Crippen molar-refractivity contribution in [1.29, 1.82) is 0 Å². The van der Waals surface area contributed by atoms with Gasteiger partial charge in [0.25, 0.3) is 0 Å². The first-order valence-electron chi connectivity index (χ1n) is 7.20. The van der Waals surface area contributed by atoms with E-state index in [2.05, 4.69) is 42.6 Å². The van der Waals surface area contributed by atoms with Crippen LogP contribution in [0.5, 0.6) is 0 Å². The Morgan fingerprint density at radius 3 is 2.72 bits per heavy atom. The van der Waals surface area contributed by atoms with Gasteiger partial charge in [-0.2, -0.15) is 0 Å². The van der Waals surface area contributed by atoms with Crippen molar-refractivity contribution in [1.82, 2.24) is 14.9 Å². The van der Waals surface area contributed by atoms with Crippen LogP contribution in [0.2, 0.25) is 0 Å². The van der Waals surface area contributed by atoms with E-state index in [0.717, 1.165) is 25.0 Å². The fourth-order valence-corrected chi connectivity index (χ4v) is 2.27. The van der Waals surface area contributed by atoms with E-state index < -0.39 is 0 Å². The highest BCUT2D eigenvalue weighted by atomic mass is 15.1. The number of imidazole rings is 1. The van der Waals surface area contributed by atoms with Gasteiger partial charge in [-0.3, -0.25) is 0 Å². The molecule has 0 aliphatic heterocycles. The van der Waals surface area contributed by atoms with Gasteiger partial charge in [-0.25, -0.2) is 4.98 Å². The molecule has 1 saturated carbocycles. The lowest BCUT2D eigenvalue weighted by Crippen LogP contribution is -2.19. The number of rotatable bonds is 6. The molecule has 102 valence electrons. The van der Waals surface area contributed by atoms with Gasteiger partial charge >= 0.3 is 0 Å². The molecule has 1 fully saturated rings. The maximum absolute atomic E-state index is 4.45. The molecule has 3 heteroatoms. The van der Waals surface area contributed by atoms with Gasteiger partial charge in [0.2, 0.25) is 0 Å². The number of nitrogens with one attached hydrogen (secondary N) is 1. The van der Waals surface area contributed by atoms with Gasteiger partial charge in [-0.05, 0) is 38.0 Å². The number of hydrogen-bond donors (Lipinski definition) is 1. The molecule has 0 aromatic carbocycles. The largest absolute Gasteiger partial charge is 0.331 e. The molecule has 1 aliphatic rings. The SMILES string of the molecule is Cc1ncc(CNC2CC2)n1CCCC(C)(C)C. The number of hydrogen-bond acceptors (Lipinski definition) is 2. The van der Waals surface area contributed by atoms with E-state index >= 15 is 0 Å². The van der Waals surface area contributed by atoms with Crippen LogP contribution in [-0.2, 0) is 13.1 Å². The molecule has 0 radical (unpaired) electrons. The summed E-state index contributed by atoms with van der Waals surface area (Å²) in [5, 5.41) is 3.57. The number of nitrogens with zero attached hydrogens (tertiary/aromatic N) is 2. The molecule has 0 unspecified atom stereocenters. The zero-order valence-electron chi connectivity index (χ0n) is 12.3. The zero-order valence-corrected chi connectivity index (χ0v) is 12.3. The maximum atomic E-state index is 4.45. The van der Waals surface area contributed by atoms with Crippen molar-refractivity contribution in [3.8, 4) is 0 Å². The number of aromatic nitrogens is 2. The molecule has 1 aromatic rings. The summed E-state index contributed by atoms with van der Waals surface area (Å²) in [5.41, 5.74) is 1.77. The van der Waals surface area contributed by atoms with E-state index in [1.54, 1.807) is 0 Å². The number of aryl methyl sites for hydroxylation is 1. The van der Waals surface area contributed by atoms with Crippen LogP contribution in [0.15, 0.2) is 6.20 Å². The third-order valence-electron chi connectivity index (χ3n) is 3.60. The Labute approximate surface area is 111 Å². The van der Waals surface area contributed by atoms with Crippen molar-refractivity contribution in [2.45, 2.75) is 72.5 Å². The third-order valence-corrected chi connectivity index (χ3v) is 3.60. The van der Waals surface area contributed by atoms with Gasteiger partial charge in [0.1, 0.15) is 5.82 Å². The van der Waals surface area contributed by atoms with Crippen LogP contribution in [-0.4, -0.2) is 15.6 Å². The van der Waals surface area contributed by atoms with Gasteiger partial charge in [0.05, 0.1) is 5.69 Å². The average molecular weight is 249 g/mol. The van der Waals surface area contributed by atoms with E-state index in [9.17, 15) is 0 Å². The highest BCUT2D eigenvalue weighted by Crippen LogP contribution is 2.22. The standard InChI is InChI=1S/C15H27N3/c1-12-16-10-14(11-17-13-6-7-13)18(12)9-5-8-15(2,3)4/h10,13,17H,5-9,11H2,1-4H3. The molecular weight excluding hydrogens is 222 g/mol. The van der Waals surface area contributed by atoms with E-state index in [0.29, 0.717) is 5.41 Å². The van der Waals surface area contributed by atoms with Crippen LogP contribution in [0.3, 0.4) is 0 Å². The van der Waals surface area contributed by atoms with Crippen LogP contribution < -0.4 is 5.32 Å². The Morgan fingerprint density at radius 1 is 1.39 bits per heavy atom. The van der Waals surface area contributed by atoms with E-state index in [1.165, 1.54) is 31.4 Å². The second-order valence-electron chi connectivity index (χ2n) is 6.77. The summed E-state index contributed by atoms with van der Waals surface area (Å²) in [4.78, 5) is 4.45. The molecule has 0 atom stereocenters. The predicted octanol–water partition coefficient (Wildman–Crippen LogP) is 3.27. The summed E-state index contributed by atoms with van der Waals surface area (Å²) in [7, 11) is 0. The summed E-state index contributed by atoms with van der Waals surface area (Å²) >= 11 is 0. The molecule has 1 aliphatic carbocycles. The van der Waals surface area contributed by atoms with Crippen molar-refractivity contribution in [3.05, 3.63) is 17.7 Å². The van der Waals surface area contributed by atoms with Crippen molar-refractivity contribution in [2.24, 2.45) is 5.41 Å². The quantitative estimate of drug-likeness (QED) is 0.838. The van der Waals surface area contributed by atoms with Crippen LogP contribution >= 0.6 is 0 Å². The third kappa shape index (κ3) is 4.13. The molecule has 3 nitrogen and oxygen atoms in total. The molecule has 1 aromatic heterocycles. The average Bonchev–Trinajstić information content (AvgIpc) is 3.02. The van der Waals surface area contributed by atoms with Crippen molar-refractivity contribution in [2.75, 3.05) is 0 Å². The normalized spacial score (nSPS) is 16.2. The second-order valence-corrected chi connectivity index (χ2v) is 6.77. The first-order chi connectivity index (χ1) is 8.46.